The topological polar surface area (TPSA) is 64.4 Å². The maximum absolute atomic E-state index is 12.3. The third kappa shape index (κ3) is 3.71. The molecule has 0 unspecified atom stereocenters. The molecular formula is C21H18N2O3S. The molecule has 0 atom stereocenters. The summed E-state index contributed by atoms with van der Waals surface area (Å²) in [5, 5.41) is 6.68. The quantitative estimate of drug-likeness (QED) is 0.452. The van der Waals surface area contributed by atoms with Crippen LogP contribution in [0, 0.1) is 0 Å². The summed E-state index contributed by atoms with van der Waals surface area (Å²) >= 11 is 1.43. The number of benzene rings is 2. The van der Waals surface area contributed by atoms with E-state index in [9.17, 15) is 4.79 Å². The Morgan fingerprint density at radius 1 is 1.15 bits per heavy atom. The smallest absolute Gasteiger partial charge is 0.345 e. The highest BCUT2D eigenvalue weighted by molar-refractivity contribution is 7.14. The van der Waals surface area contributed by atoms with Crippen LogP contribution in [0.5, 0.6) is 5.75 Å². The Labute approximate surface area is 160 Å². The molecule has 2 aromatic carbocycles. The summed E-state index contributed by atoms with van der Waals surface area (Å²) in [6.45, 7) is 2.72. The molecule has 0 radical (unpaired) electrons. The summed E-state index contributed by atoms with van der Waals surface area (Å²) in [7, 11) is 0. The number of rotatable bonds is 6. The Morgan fingerprint density at radius 3 is 2.85 bits per heavy atom. The molecule has 136 valence electrons. The molecule has 2 aromatic heterocycles. The van der Waals surface area contributed by atoms with Crippen molar-refractivity contribution in [2.75, 3.05) is 11.9 Å². The molecule has 0 amide bonds. The van der Waals surface area contributed by atoms with Crippen LogP contribution in [-0.4, -0.2) is 11.6 Å². The number of fused-ring (bicyclic) bond motifs is 1. The molecule has 0 fully saturated rings. The average Bonchev–Trinajstić information content (AvgIpc) is 3.15. The summed E-state index contributed by atoms with van der Waals surface area (Å²) in [6.07, 6.45) is 0.938. The second kappa shape index (κ2) is 7.63. The highest BCUT2D eigenvalue weighted by Gasteiger charge is 2.12. The number of nitrogens with zero attached hydrogens (tertiary/aromatic N) is 1. The molecule has 0 saturated carbocycles. The SMILES string of the molecule is CCCOc1ccccc1Nc1nc(-c2cc3ccccc3oc2=O)cs1. The lowest BCUT2D eigenvalue weighted by Crippen LogP contribution is -2.03. The standard InChI is InChI=1S/C21H18N2O3S/c1-2-11-25-19-10-6-4-8-16(19)22-21-23-17(13-27-21)15-12-14-7-3-5-9-18(14)26-20(15)24/h3-10,12-13H,2,11H2,1H3,(H,22,23). The van der Waals surface area contributed by atoms with Crippen LogP contribution in [0.4, 0.5) is 10.8 Å². The van der Waals surface area contributed by atoms with E-state index in [0.717, 1.165) is 23.2 Å². The van der Waals surface area contributed by atoms with Gasteiger partial charge in [0.25, 0.3) is 0 Å². The van der Waals surface area contributed by atoms with Gasteiger partial charge in [0, 0.05) is 10.8 Å². The summed E-state index contributed by atoms with van der Waals surface area (Å²) in [5.74, 6) is 0.779. The fraction of sp³-hybridized carbons (Fsp3) is 0.143. The molecule has 0 bridgehead atoms. The van der Waals surface area contributed by atoms with Gasteiger partial charge < -0.3 is 14.5 Å². The highest BCUT2D eigenvalue weighted by Crippen LogP contribution is 2.31. The van der Waals surface area contributed by atoms with Crippen molar-refractivity contribution in [3.05, 3.63) is 70.4 Å². The van der Waals surface area contributed by atoms with Gasteiger partial charge in [0.1, 0.15) is 11.3 Å². The minimum absolute atomic E-state index is 0.391. The lowest BCUT2D eigenvalue weighted by molar-refractivity contribution is 0.319. The molecule has 0 aliphatic carbocycles. The molecule has 4 aromatic rings. The van der Waals surface area contributed by atoms with Crippen molar-refractivity contribution in [3.63, 3.8) is 0 Å². The maximum atomic E-state index is 12.3. The minimum Gasteiger partial charge on any atom is -0.491 e. The molecule has 0 spiro atoms. The molecule has 2 heterocycles. The van der Waals surface area contributed by atoms with Crippen molar-refractivity contribution < 1.29 is 9.15 Å². The summed E-state index contributed by atoms with van der Waals surface area (Å²) in [5.41, 5.74) is 2.07. The van der Waals surface area contributed by atoms with Gasteiger partial charge in [0.2, 0.25) is 0 Å². The Balaban J connectivity index is 1.63. The number of anilines is 2. The summed E-state index contributed by atoms with van der Waals surface area (Å²) in [4.78, 5) is 16.9. The zero-order valence-corrected chi connectivity index (χ0v) is 15.6. The van der Waals surface area contributed by atoms with Crippen molar-refractivity contribution in [1.29, 1.82) is 0 Å². The molecule has 6 heteroatoms. The van der Waals surface area contributed by atoms with Gasteiger partial charge in [-0.2, -0.15) is 0 Å². The zero-order valence-electron chi connectivity index (χ0n) is 14.8. The lowest BCUT2D eigenvalue weighted by Gasteiger charge is -2.10. The van der Waals surface area contributed by atoms with E-state index in [1.54, 1.807) is 6.07 Å². The highest BCUT2D eigenvalue weighted by atomic mass is 32.1. The number of thiazole rings is 1. The molecule has 0 aliphatic rings. The van der Waals surface area contributed by atoms with Gasteiger partial charge in [-0.15, -0.1) is 11.3 Å². The molecule has 5 nitrogen and oxygen atoms in total. The predicted molar refractivity (Wildman–Crippen MR) is 109 cm³/mol. The van der Waals surface area contributed by atoms with Crippen LogP contribution in [0.1, 0.15) is 13.3 Å². The van der Waals surface area contributed by atoms with Crippen LogP contribution in [-0.2, 0) is 0 Å². The summed E-state index contributed by atoms with van der Waals surface area (Å²) in [6, 6.07) is 17.0. The van der Waals surface area contributed by atoms with Crippen LogP contribution < -0.4 is 15.7 Å². The van der Waals surface area contributed by atoms with E-state index in [2.05, 4.69) is 17.2 Å². The van der Waals surface area contributed by atoms with Crippen molar-refractivity contribution in [2.24, 2.45) is 0 Å². The largest absolute Gasteiger partial charge is 0.491 e. The number of para-hydroxylation sites is 3. The molecular weight excluding hydrogens is 360 g/mol. The Bertz CT molecular complexity index is 1130. The first-order chi connectivity index (χ1) is 13.2. The van der Waals surface area contributed by atoms with Crippen molar-refractivity contribution >= 4 is 33.1 Å². The van der Waals surface area contributed by atoms with E-state index in [0.29, 0.717) is 28.6 Å². The van der Waals surface area contributed by atoms with E-state index in [4.69, 9.17) is 9.15 Å². The molecule has 27 heavy (non-hydrogen) atoms. The third-order valence-electron chi connectivity index (χ3n) is 4.01. The van der Waals surface area contributed by atoms with Crippen molar-refractivity contribution in [2.45, 2.75) is 13.3 Å². The van der Waals surface area contributed by atoms with Gasteiger partial charge in [-0.1, -0.05) is 37.3 Å². The normalized spacial score (nSPS) is 10.9. The van der Waals surface area contributed by atoms with E-state index < -0.39 is 5.63 Å². The average molecular weight is 378 g/mol. The number of nitrogens with one attached hydrogen (secondary N) is 1. The van der Waals surface area contributed by atoms with E-state index in [-0.39, 0.29) is 0 Å². The van der Waals surface area contributed by atoms with Crippen LogP contribution in [0.25, 0.3) is 22.2 Å². The minimum atomic E-state index is -0.391. The monoisotopic (exact) mass is 378 g/mol. The van der Waals surface area contributed by atoms with Gasteiger partial charge in [-0.3, -0.25) is 0 Å². The van der Waals surface area contributed by atoms with Gasteiger partial charge in [0.15, 0.2) is 5.13 Å². The van der Waals surface area contributed by atoms with Gasteiger partial charge in [0.05, 0.1) is 23.6 Å². The van der Waals surface area contributed by atoms with Crippen molar-refractivity contribution in [1.82, 2.24) is 4.98 Å². The Kier molecular flexibility index (Phi) is 4.89. The van der Waals surface area contributed by atoms with Crippen LogP contribution in [0.3, 0.4) is 0 Å². The fourth-order valence-electron chi connectivity index (χ4n) is 2.72. The van der Waals surface area contributed by atoms with Gasteiger partial charge in [-0.05, 0) is 30.7 Å². The maximum Gasteiger partial charge on any atom is 0.345 e. The first-order valence-corrected chi connectivity index (χ1v) is 9.60. The Morgan fingerprint density at radius 2 is 1.96 bits per heavy atom. The molecule has 0 saturated heterocycles. The third-order valence-corrected chi connectivity index (χ3v) is 4.77. The molecule has 1 N–H and O–H groups in total. The lowest BCUT2D eigenvalue weighted by atomic mass is 10.1. The fourth-order valence-corrected chi connectivity index (χ4v) is 3.44. The Hall–Kier alpha value is -3.12. The zero-order chi connectivity index (χ0) is 18.6. The van der Waals surface area contributed by atoms with E-state index in [1.807, 2.05) is 53.9 Å². The van der Waals surface area contributed by atoms with Gasteiger partial charge in [-0.25, -0.2) is 9.78 Å². The van der Waals surface area contributed by atoms with Gasteiger partial charge >= 0.3 is 5.63 Å². The second-order valence-electron chi connectivity index (χ2n) is 5.99. The van der Waals surface area contributed by atoms with E-state index >= 15 is 0 Å². The first kappa shape index (κ1) is 17.3. The number of hydrogen-bond acceptors (Lipinski definition) is 6. The van der Waals surface area contributed by atoms with Crippen LogP contribution >= 0.6 is 11.3 Å². The molecule has 0 aliphatic heterocycles. The predicted octanol–water partition coefficient (Wildman–Crippen LogP) is 5.45. The summed E-state index contributed by atoms with van der Waals surface area (Å²) < 4.78 is 11.2. The number of aromatic nitrogens is 1. The van der Waals surface area contributed by atoms with Crippen molar-refractivity contribution in [3.8, 4) is 17.0 Å². The number of ether oxygens (including phenoxy) is 1. The number of hydrogen-bond donors (Lipinski definition) is 1. The van der Waals surface area contributed by atoms with E-state index in [1.165, 1.54) is 11.3 Å². The van der Waals surface area contributed by atoms with Crippen LogP contribution in [0.15, 0.2) is 69.2 Å². The molecule has 4 rings (SSSR count). The van der Waals surface area contributed by atoms with Crippen LogP contribution in [0.2, 0.25) is 0 Å². The second-order valence-corrected chi connectivity index (χ2v) is 6.85. The first-order valence-electron chi connectivity index (χ1n) is 8.72.